The van der Waals surface area contributed by atoms with Crippen LogP contribution in [0.2, 0.25) is 0 Å². The number of hydrogen-bond acceptors (Lipinski definition) is 3. The van der Waals surface area contributed by atoms with Crippen LogP contribution in [0.15, 0.2) is 60.7 Å². The Bertz CT molecular complexity index is 656. The first-order valence-corrected chi connectivity index (χ1v) is 8.51. The zero-order valence-corrected chi connectivity index (χ0v) is 14.1. The van der Waals surface area contributed by atoms with Crippen LogP contribution >= 0.6 is 0 Å². The fourth-order valence-corrected chi connectivity index (χ4v) is 3.38. The van der Waals surface area contributed by atoms with E-state index < -0.39 is 0 Å². The summed E-state index contributed by atoms with van der Waals surface area (Å²) >= 11 is 0. The van der Waals surface area contributed by atoms with E-state index in [4.69, 9.17) is 4.74 Å². The number of hydrogen-bond donors (Lipinski definition) is 0. The molecule has 1 saturated heterocycles. The Hall–Kier alpha value is -2.13. The second kappa shape index (κ2) is 7.63. The highest BCUT2D eigenvalue weighted by atomic mass is 16.5. The van der Waals surface area contributed by atoms with Gasteiger partial charge in [0.25, 0.3) is 0 Å². The van der Waals surface area contributed by atoms with Gasteiger partial charge in [0, 0.05) is 6.04 Å². The maximum atomic E-state index is 12.7. The van der Waals surface area contributed by atoms with E-state index in [0.29, 0.717) is 6.61 Å². The number of esters is 1. The van der Waals surface area contributed by atoms with E-state index in [1.165, 1.54) is 5.56 Å². The maximum Gasteiger partial charge on any atom is 0.324 e. The van der Waals surface area contributed by atoms with E-state index in [-0.39, 0.29) is 24.0 Å². The van der Waals surface area contributed by atoms with E-state index >= 15 is 0 Å². The Morgan fingerprint density at radius 2 is 1.79 bits per heavy atom. The van der Waals surface area contributed by atoms with Gasteiger partial charge in [0.05, 0.1) is 0 Å². The number of nitrogens with zero attached hydrogens (tertiary/aromatic N) is 1. The molecular formula is C21H24NO2. The van der Waals surface area contributed by atoms with Crippen LogP contribution in [0.5, 0.6) is 0 Å². The summed E-state index contributed by atoms with van der Waals surface area (Å²) in [5.74, 6) is -0.0985. The van der Waals surface area contributed by atoms with E-state index in [2.05, 4.69) is 30.9 Å². The molecule has 0 saturated carbocycles. The standard InChI is InChI=1S/C21H24NO2/c1-16-13-14-22(17(2)19-11-7-4-8-12-19)20(16)21(23)24-15-18-9-5-3-6-10-18/h3-12,16-17,20H,1,13-15H2,2H3/t16-,17+,20+/m1/s1. The van der Waals surface area contributed by atoms with Gasteiger partial charge in [0.15, 0.2) is 0 Å². The second-order valence-electron chi connectivity index (χ2n) is 6.41. The van der Waals surface area contributed by atoms with E-state index in [0.717, 1.165) is 18.5 Å². The molecule has 0 aliphatic carbocycles. The summed E-state index contributed by atoms with van der Waals surface area (Å²) < 4.78 is 5.58. The number of ether oxygens (including phenoxy) is 1. The molecule has 1 fully saturated rings. The predicted molar refractivity (Wildman–Crippen MR) is 95.1 cm³/mol. The lowest BCUT2D eigenvalue weighted by Crippen LogP contribution is -2.41. The molecule has 125 valence electrons. The quantitative estimate of drug-likeness (QED) is 0.779. The second-order valence-corrected chi connectivity index (χ2v) is 6.41. The zero-order chi connectivity index (χ0) is 16.9. The molecule has 3 heteroatoms. The zero-order valence-electron chi connectivity index (χ0n) is 14.1. The predicted octanol–water partition coefficient (Wildman–Crippen LogP) is 4.02. The number of carbonyl (C=O) groups is 1. The molecule has 3 atom stereocenters. The molecule has 1 heterocycles. The van der Waals surface area contributed by atoms with Gasteiger partial charge in [0.1, 0.15) is 12.6 Å². The van der Waals surface area contributed by atoms with Gasteiger partial charge in [-0.15, -0.1) is 0 Å². The van der Waals surface area contributed by atoms with Crippen molar-refractivity contribution < 1.29 is 9.53 Å². The molecule has 24 heavy (non-hydrogen) atoms. The first-order chi connectivity index (χ1) is 11.7. The number of benzene rings is 2. The smallest absolute Gasteiger partial charge is 0.324 e. The van der Waals surface area contributed by atoms with E-state index in [1.807, 2.05) is 48.5 Å². The van der Waals surface area contributed by atoms with E-state index in [1.54, 1.807) is 0 Å². The monoisotopic (exact) mass is 322 g/mol. The Balaban J connectivity index is 1.68. The van der Waals surface area contributed by atoms with Crippen LogP contribution in [0, 0.1) is 12.8 Å². The van der Waals surface area contributed by atoms with Crippen molar-refractivity contribution in [3.05, 3.63) is 78.7 Å². The lowest BCUT2D eigenvalue weighted by molar-refractivity contribution is -0.152. The van der Waals surface area contributed by atoms with Crippen LogP contribution in [0.3, 0.4) is 0 Å². The van der Waals surface area contributed by atoms with Crippen molar-refractivity contribution in [1.29, 1.82) is 0 Å². The summed E-state index contributed by atoms with van der Waals surface area (Å²) in [4.78, 5) is 14.9. The van der Waals surface area contributed by atoms with Crippen molar-refractivity contribution >= 4 is 5.97 Å². The molecule has 2 aromatic rings. The SMILES string of the molecule is [CH2][C@@H]1CCN([C@@H](C)c2ccccc2)[C@@H]1C(=O)OCc1ccccc1. The van der Waals surface area contributed by atoms with Gasteiger partial charge in [-0.3, -0.25) is 9.69 Å². The summed E-state index contributed by atoms with van der Waals surface area (Å²) in [6.45, 7) is 7.51. The topological polar surface area (TPSA) is 29.5 Å². The largest absolute Gasteiger partial charge is 0.460 e. The fraction of sp³-hybridized carbons (Fsp3) is 0.333. The van der Waals surface area contributed by atoms with Crippen molar-refractivity contribution in [3.63, 3.8) is 0 Å². The minimum Gasteiger partial charge on any atom is -0.460 e. The van der Waals surface area contributed by atoms with Crippen LogP contribution in [0.1, 0.15) is 30.5 Å². The summed E-state index contributed by atoms with van der Waals surface area (Å²) in [5, 5.41) is 0. The molecule has 1 radical (unpaired) electrons. The molecule has 1 aliphatic heterocycles. The molecular weight excluding hydrogens is 298 g/mol. The fourth-order valence-electron chi connectivity index (χ4n) is 3.38. The lowest BCUT2D eigenvalue weighted by Gasteiger charge is -2.31. The van der Waals surface area contributed by atoms with Crippen molar-refractivity contribution in [3.8, 4) is 0 Å². The van der Waals surface area contributed by atoms with Crippen LogP contribution < -0.4 is 0 Å². The van der Waals surface area contributed by atoms with Gasteiger partial charge in [-0.1, -0.05) is 60.7 Å². The van der Waals surface area contributed by atoms with Crippen LogP contribution in [-0.2, 0) is 16.1 Å². The highest BCUT2D eigenvalue weighted by molar-refractivity contribution is 5.77. The van der Waals surface area contributed by atoms with Gasteiger partial charge in [-0.05, 0) is 43.9 Å². The van der Waals surface area contributed by atoms with E-state index in [9.17, 15) is 4.79 Å². The maximum absolute atomic E-state index is 12.7. The number of rotatable bonds is 5. The first-order valence-electron chi connectivity index (χ1n) is 8.51. The molecule has 0 amide bonds. The molecule has 3 nitrogen and oxygen atoms in total. The Morgan fingerprint density at radius 3 is 2.46 bits per heavy atom. The van der Waals surface area contributed by atoms with Crippen molar-refractivity contribution in [2.75, 3.05) is 6.54 Å². The molecule has 1 aliphatic rings. The lowest BCUT2D eigenvalue weighted by atomic mass is 10.0. The Morgan fingerprint density at radius 1 is 1.17 bits per heavy atom. The molecule has 0 aromatic heterocycles. The Labute approximate surface area is 144 Å². The summed E-state index contributed by atoms with van der Waals surface area (Å²) in [5.41, 5.74) is 2.22. The normalized spacial score (nSPS) is 22.2. The van der Waals surface area contributed by atoms with Crippen LogP contribution in [-0.4, -0.2) is 23.5 Å². The van der Waals surface area contributed by atoms with Crippen molar-refractivity contribution in [2.45, 2.75) is 32.0 Å². The molecule has 0 N–H and O–H groups in total. The molecule has 0 spiro atoms. The molecule has 0 bridgehead atoms. The number of likely N-dealkylation sites (tertiary alicyclic amines) is 1. The molecule has 0 unspecified atom stereocenters. The summed E-state index contributed by atoms with van der Waals surface area (Å²) in [7, 11) is 0. The van der Waals surface area contributed by atoms with Gasteiger partial charge in [-0.25, -0.2) is 0 Å². The minimum atomic E-state index is -0.274. The van der Waals surface area contributed by atoms with Gasteiger partial charge in [0.2, 0.25) is 0 Å². The van der Waals surface area contributed by atoms with Crippen LogP contribution in [0.25, 0.3) is 0 Å². The average Bonchev–Trinajstić information content (AvgIpc) is 3.02. The summed E-state index contributed by atoms with van der Waals surface area (Å²) in [6.07, 6.45) is 0.919. The highest BCUT2D eigenvalue weighted by Crippen LogP contribution is 2.33. The van der Waals surface area contributed by atoms with Crippen LogP contribution in [0.4, 0.5) is 0 Å². The van der Waals surface area contributed by atoms with Crippen molar-refractivity contribution in [2.24, 2.45) is 5.92 Å². The van der Waals surface area contributed by atoms with Gasteiger partial charge in [-0.2, -0.15) is 0 Å². The first kappa shape index (κ1) is 16.7. The Kier molecular flexibility index (Phi) is 5.31. The average molecular weight is 322 g/mol. The number of carbonyl (C=O) groups excluding carboxylic acids is 1. The summed E-state index contributed by atoms with van der Waals surface area (Å²) in [6, 6.07) is 20.0. The van der Waals surface area contributed by atoms with Gasteiger partial charge < -0.3 is 4.74 Å². The van der Waals surface area contributed by atoms with Gasteiger partial charge >= 0.3 is 5.97 Å². The highest BCUT2D eigenvalue weighted by Gasteiger charge is 2.40. The van der Waals surface area contributed by atoms with Crippen molar-refractivity contribution in [1.82, 2.24) is 4.90 Å². The third-order valence-corrected chi connectivity index (χ3v) is 4.81. The molecule has 2 aromatic carbocycles. The molecule has 3 rings (SSSR count). The third-order valence-electron chi connectivity index (χ3n) is 4.81. The minimum absolute atomic E-state index is 0.0689. The third kappa shape index (κ3) is 3.68.